The number of hydrogen-bond acceptors (Lipinski definition) is 7. The van der Waals surface area contributed by atoms with Gasteiger partial charge in [0, 0.05) is 18.5 Å². The summed E-state index contributed by atoms with van der Waals surface area (Å²) in [6.07, 6.45) is 0.319. The van der Waals surface area contributed by atoms with Crippen molar-refractivity contribution in [2.24, 2.45) is 0 Å². The van der Waals surface area contributed by atoms with Crippen molar-refractivity contribution in [3.05, 3.63) is 48.5 Å². The fourth-order valence-corrected chi connectivity index (χ4v) is 3.29. The molecule has 1 aliphatic rings. The van der Waals surface area contributed by atoms with E-state index < -0.39 is 0 Å². The van der Waals surface area contributed by atoms with E-state index in [2.05, 4.69) is 15.3 Å². The highest BCUT2D eigenvalue weighted by molar-refractivity contribution is 5.86. The fourth-order valence-electron chi connectivity index (χ4n) is 3.29. The predicted molar refractivity (Wildman–Crippen MR) is 104 cm³/mol. The molecule has 2 atom stereocenters. The number of esters is 1. The van der Waals surface area contributed by atoms with Crippen molar-refractivity contribution in [3.8, 4) is 23.0 Å². The number of fused-ring (bicyclic) bond motifs is 1. The highest BCUT2D eigenvalue weighted by atomic mass is 16.5. The van der Waals surface area contributed by atoms with Gasteiger partial charge in [-0.15, -0.1) is 0 Å². The maximum absolute atomic E-state index is 11.8. The van der Waals surface area contributed by atoms with Crippen LogP contribution in [0.5, 0.6) is 11.6 Å². The Balaban J connectivity index is 1.71. The summed E-state index contributed by atoms with van der Waals surface area (Å²) in [6.45, 7) is 0.538. The third-order valence-corrected chi connectivity index (χ3v) is 4.75. The second kappa shape index (κ2) is 7.82. The number of benzene rings is 2. The lowest BCUT2D eigenvalue weighted by Crippen LogP contribution is -2.31. The predicted octanol–water partition coefficient (Wildman–Crippen LogP) is 2.59. The molecule has 28 heavy (non-hydrogen) atoms. The van der Waals surface area contributed by atoms with Crippen molar-refractivity contribution < 1.29 is 19.0 Å². The molecule has 7 heteroatoms. The van der Waals surface area contributed by atoms with Crippen molar-refractivity contribution in [2.75, 3.05) is 20.8 Å². The molecule has 1 fully saturated rings. The van der Waals surface area contributed by atoms with Crippen LogP contribution in [0.15, 0.2) is 48.5 Å². The minimum atomic E-state index is -0.369. The Kier molecular flexibility index (Phi) is 5.08. The highest BCUT2D eigenvalue weighted by Crippen LogP contribution is 2.31. The smallest absolute Gasteiger partial charge is 0.323 e. The van der Waals surface area contributed by atoms with E-state index in [9.17, 15) is 4.79 Å². The van der Waals surface area contributed by atoms with Crippen LogP contribution in [-0.2, 0) is 9.53 Å². The maximum Gasteiger partial charge on any atom is 0.323 e. The topological polar surface area (TPSA) is 82.6 Å². The minimum Gasteiger partial charge on any atom is -0.497 e. The van der Waals surface area contributed by atoms with Gasteiger partial charge in [-0.05, 0) is 18.2 Å². The number of methoxy groups -OCH3 is 2. The first kappa shape index (κ1) is 18.2. The van der Waals surface area contributed by atoms with Gasteiger partial charge in [0.1, 0.15) is 17.9 Å². The van der Waals surface area contributed by atoms with Gasteiger partial charge in [0.25, 0.3) is 0 Å². The Morgan fingerprint density at radius 1 is 1.11 bits per heavy atom. The Bertz CT molecular complexity index is 994. The van der Waals surface area contributed by atoms with Gasteiger partial charge in [-0.1, -0.05) is 30.3 Å². The Morgan fingerprint density at radius 3 is 2.68 bits per heavy atom. The summed E-state index contributed by atoms with van der Waals surface area (Å²) in [6, 6.07) is 15.0. The fraction of sp³-hybridized carbons (Fsp3) is 0.286. The summed E-state index contributed by atoms with van der Waals surface area (Å²) in [5.74, 6) is 1.47. The second-order valence-corrected chi connectivity index (χ2v) is 6.56. The van der Waals surface area contributed by atoms with E-state index in [1.165, 1.54) is 7.11 Å². The zero-order chi connectivity index (χ0) is 19.5. The van der Waals surface area contributed by atoms with Crippen LogP contribution in [0, 0.1) is 0 Å². The molecule has 0 spiro atoms. The molecule has 4 rings (SSSR count). The van der Waals surface area contributed by atoms with E-state index in [1.54, 1.807) is 7.11 Å². The van der Waals surface area contributed by atoms with Crippen LogP contribution in [0.25, 0.3) is 22.3 Å². The van der Waals surface area contributed by atoms with E-state index in [1.807, 2.05) is 48.5 Å². The van der Waals surface area contributed by atoms with Crippen molar-refractivity contribution in [1.82, 2.24) is 15.3 Å². The van der Waals surface area contributed by atoms with Crippen LogP contribution in [0.4, 0.5) is 0 Å². The van der Waals surface area contributed by atoms with Crippen LogP contribution >= 0.6 is 0 Å². The van der Waals surface area contributed by atoms with E-state index in [-0.39, 0.29) is 18.1 Å². The third-order valence-electron chi connectivity index (χ3n) is 4.75. The van der Waals surface area contributed by atoms with Gasteiger partial charge in [-0.25, -0.2) is 4.98 Å². The van der Waals surface area contributed by atoms with Crippen LogP contribution in [0.2, 0.25) is 0 Å². The monoisotopic (exact) mass is 379 g/mol. The maximum atomic E-state index is 11.8. The molecule has 0 bridgehead atoms. The number of carbonyl (C=O) groups excluding carboxylic acids is 1. The molecule has 1 aromatic heterocycles. The lowest BCUT2D eigenvalue weighted by atomic mass is 10.1. The third kappa shape index (κ3) is 3.61. The van der Waals surface area contributed by atoms with Gasteiger partial charge in [0.15, 0.2) is 5.82 Å². The molecule has 144 valence electrons. The number of nitrogens with zero attached hydrogens (tertiary/aromatic N) is 2. The summed E-state index contributed by atoms with van der Waals surface area (Å²) in [4.78, 5) is 21.1. The summed E-state index contributed by atoms with van der Waals surface area (Å²) in [7, 11) is 3.00. The molecule has 0 saturated carbocycles. The Morgan fingerprint density at radius 2 is 1.93 bits per heavy atom. The van der Waals surface area contributed by atoms with Crippen molar-refractivity contribution in [3.63, 3.8) is 0 Å². The number of carbonyl (C=O) groups is 1. The quantitative estimate of drug-likeness (QED) is 0.682. The summed E-state index contributed by atoms with van der Waals surface area (Å²) >= 11 is 0. The number of ether oxygens (including phenoxy) is 3. The zero-order valence-electron chi connectivity index (χ0n) is 15.7. The molecule has 1 saturated heterocycles. The first-order chi connectivity index (χ1) is 13.7. The van der Waals surface area contributed by atoms with Gasteiger partial charge in [-0.3, -0.25) is 4.79 Å². The highest BCUT2D eigenvalue weighted by Gasteiger charge is 2.32. The molecule has 0 aliphatic carbocycles. The van der Waals surface area contributed by atoms with Crippen molar-refractivity contribution >= 4 is 16.9 Å². The first-order valence-electron chi connectivity index (χ1n) is 9.07. The molecule has 2 unspecified atom stereocenters. The van der Waals surface area contributed by atoms with E-state index >= 15 is 0 Å². The van der Waals surface area contributed by atoms with Crippen LogP contribution in [0.1, 0.15) is 6.42 Å². The zero-order valence-corrected chi connectivity index (χ0v) is 15.7. The summed E-state index contributed by atoms with van der Waals surface area (Å²) < 4.78 is 16.3. The number of hydrogen-bond donors (Lipinski definition) is 1. The number of nitrogens with one attached hydrogen (secondary N) is 1. The standard InChI is InChI=1S/C21H21N3O4/c1-26-14-8-9-17-16(10-14)20(24-19(23-17)13-6-4-3-5-7-13)28-15-11-18(22-12-15)21(25)27-2/h3-10,15,18,22H,11-12H2,1-2H3. The number of aromatic nitrogens is 2. The largest absolute Gasteiger partial charge is 0.497 e. The number of rotatable bonds is 5. The molecular weight excluding hydrogens is 358 g/mol. The molecule has 7 nitrogen and oxygen atoms in total. The molecule has 1 aliphatic heterocycles. The van der Waals surface area contributed by atoms with Crippen LogP contribution in [-0.4, -0.2) is 48.8 Å². The van der Waals surface area contributed by atoms with Crippen LogP contribution < -0.4 is 14.8 Å². The lowest BCUT2D eigenvalue weighted by Gasteiger charge is -2.15. The van der Waals surface area contributed by atoms with Crippen molar-refractivity contribution in [2.45, 2.75) is 18.6 Å². The lowest BCUT2D eigenvalue weighted by molar-refractivity contribution is -0.142. The van der Waals surface area contributed by atoms with E-state index in [0.717, 1.165) is 16.5 Å². The average Bonchev–Trinajstić information content (AvgIpc) is 3.22. The molecule has 2 aromatic carbocycles. The molecule has 3 aromatic rings. The van der Waals surface area contributed by atoms with Gasteiger partial charge < -0.3 is 19.5 Å². The minimum absolute atomic E-state index is 0.197. The van der Waals surface area contributed by atoms with Gasteiger partial charge >= 0.3 is 5.97 Å². The molecular formula is C21H21N3O4. The first-order valence-corrected chi connectivity index (χ1v) is 9.07. The Labute approximate surface area is 162 Å². The normalized spacial score (nSPS) is 18.8. The summed E-state index contributed by atoms with van der Waals surface area (Å²) in [5, 5.41) is 3.89. The van der Waals surface area contributed by atoms with Gasteiger partial charge in [0.05, 0.1) is 25.1 Å². The molecule has 1 N–H and O–H groups in total. The molecule has 0 radical (unpaired) electrons. The molecule has 2 heterocycles. The van der Waals surface area contributed by atoms with E-state index in [4.69, 9.17) is 14.2 Å². The van der Waals surface area contributed by atoms with Gasteiger partial charge in [0.2, 0.25) is 5.88 Å². The Hall–Kier alpha value is -3.19. The SMILES string of the molecule is COC(=O)C1CC(Oc2nc(-c3ccccc3)nc3ccc(OC)cc23)CN1. The second-order valence-electron chi connectivity index (χ2n) is 6.56. The van der Waals surface area contributed by atoms with E-state index in [0.29, 0.717) is 30.4 Å². The van der Waals surface area contributed by atoms with Crippen molar-refractivity contribution in [1.29, 1.82) is 0 Å². The molecule has 0 amide bonds. The van der Waals surface area contributed by atoms with Crippen LogP contribution in [0.3, 0.4) is 0 Å². The summed E-state index contributed by atoms with van der Waals surface area (Å²) in [5.41, 5.74) is 1.67. The average molecular weight is 379 g/mol. The van der Waals surface area contributed by atoms with Gasteiger partial charge in [-0.2, -0.15) is 4.98 Å².